The van der Waals surface area contributed by atoms with Gasteiger partial charge < -0.3 is 24.2 Å². The molecule has 0 saturated heterocycles. The van der Waals surface area contributed by atoms with E-state index in [4.69, 9.17) is 23.3 Å². The van der Waals surface area contributed by atoms with Crippen LogP contribution in [0.3, 0.4) is 0 Å². The number of phosphoric ester groups is 1. The first-order chi connectivity index (χ1) is 38.2. The van der Waals surface area contributed by atoms with Gasteiger partial charge in [0.25, 0.3) is 0 Å². The summed E-state index contributed by atoms with van der Waals surface area (Å²) in [5.74, 6) is -1.51. The fraction of sp³-hybridized carbons (Fsp3) is 0.712. The molecular formula is C66H113O11P. The number of carbonyl (C=O) groups is 3. The van der Waals surface area contributed by atoms with Crippen molar-refractivity contribution in [3.8, 4) is 0 Å². The van der Waals surface area contributed by atoms with E-state index in [9.17, 15) is 28.9 Å². The van der Waals surface area contributed by atoms with Gasteiger partial charge in [-0.05, 0) is 122 Å². The van der Waals surface area contributed by atoms with Crippen molar-refractivity contribution in [3.05, 3.63) is 97.2 Å². The molecule has 3 unspecified atom stereocenters. The second kappa shape index (κ2) is 59.5. The van der Waals surface area contributed by atoms with E-state index in [1.54, 1.807) is 0 Å². The van der Waals surface area contributed by atoms with Gasteiger partial charge >= 0.3 is 25.7 Å². The van der Waals surface area contributed by atoms with Crippen molar-refractivity contribution in [1.82, 2.24) is 0 Å². The fourth-order valence-electron chi connectivity index (χ4n) is 8.23. The van der Waals surface area contributed by atoms with Crippen molar-refractivity contribution in [1.29, 1.82) is 0 Å². The number of phosphoric acid groups is 1. The number of unbranched alkanes of at least 4 members (excludes halogenated alkanes) is 24. The molecule has 0 saturated carbocycles. The van der Waals surface area contributed by atoms with Crippen LogP contribution >= 0.6 is 7.82 Å². The molecule has 3 atom stereocenters. The standard InChI is InChI=1S/C66H113O11P/c1-4-7-10-13-16-19-22-25-28-31-34-37-40-43-46-49-52-55-64(68)73-59-63(77-66(70)57-54-51-48-45-42-39-36-33-30-27-24-21-18-15-12-9-6-3)61-75-78(71,72)74-60-62(58-67)76-65(69)56-53-50-47-44-41-38-35-32-29-26-23-20-17-14-11-8-5-2/h7,10,16-21,25-30,34,37,62-63,67H,4-6,8-9,11-15,22-24,31-33,35-36,38-61H2,1-3H3,(H,71,72)/b10-7-,19-16-,20-17-,21-18-,28-25-,29-26-,30-27-,37-34-. The molecule has 12 heteroatoms. The third kappa shape index (κ3) is 57.1. The molecule has 0 fully saturated rings. The predicted octanol–water partition coefficient (Wildman–Crippen LogP) is 18.8. The molecule has 0 spiro atoms. The number of hydrogen-bond acceptors (Lipinski definition) is 10. The molecule has 0 aliphatic carbocycles. The van der Waals surface area contributed by atoms with Gasteiger partial charge in [0, 0.05) is 19.3 Å². The van der Waals surface area contributed by atoms with E-state index in [1.165, 1.54) is 77.0 Å². The van der Waals surface area contributed by atoms with Crippen LogP contribution in [0.15, 0.2) is 97.2 Å². The summed E-state index contributed by atoms with van der Waals surface area (Å²) in [6, 6.07) is 0. The first-order valence-electron chi connectivity index (χ1n) is 31.1. The monoisotopic (exact) mass is 1110 g/mol. The number of esters is 3. The molecule has 2 N–H and O–H groups in total. The number of rotatable bonds is 57. The molecule has 11 nitrogen and oxygen atoms in total. The van der Waals surface area contributed by atoms with E-state index < -0.39 is 57.8 Å². The molecule has 0 aromatic rings. The van der Waals surface area contributed by atoms with Gasteiger partial charge in [-0.25, -0.2) is 4.57 Å². The number of allylic oxidation sites excluding steroid dienone is 16. The molecule has 78 heavy (non-hydrogen) atoms. The lowest BCUT2D eigenvalue weighted by Gasteiger charge is -2.21. The Morgan fingerprint density at radius 2 is 0.667 bits per heavy atom. The van der Waals surface area contributed by atoms with Crippen LogP contribution < -0.4 is 0 Å². The second-order valence-corrected chi connectivity index (χ2v) is 21.9. The Balaban J connectivity index is 4.76. The summed E-state index contributed by atoms with van der Waals surface area (Å²) < 4.78 is 39.6. The summed E-state index contributed by atoms with van der Waals surface area (Å²) >= 11 is 0. The van der Waals surface area contributed by atoms with E-state index in [-0.39, 0.29) is 25.9 Å². The number of aliphatic hydroxyl groups excluding tert-OH is 1. The highest BCUT2D eigenvalue weighted by molar-refractivity contribution is 7.47. The summed E-state index contributed by atoms with van der Waals surface area (Å²) in [5.41, 5.74) is 0. The van der Waals surface area contributed by atoms with Gasteiger partial charge in [-0.15, -0.1) is 0 Å². The molecule has 0 heterocycles. The van der Waals surface area contributed by atoms with Crippen LogP contribution in [0.2, 0.25) is 0 Å². The SMILES string of the molecule is CC/C=C\C/C=C\C/C=C\C/C=C\CCCCCCC(=O)OCC(COP(=O)(O)OCC(CO)OC(=O)CCCCCCCCC/C=C\C/C=C\CCCCC)OC(=O)CCCCCCCCC/C=C\C/C=C\CCCCC. The summed E-state index contributed by atoms with van der Waals surface area (Å²) in [6.07, 6.45) is 70.6. The Bertz CT molecular complexity index is 1680. The van der Waals surface area contributed by atoms with Crippen LogP contribution in [0.4, 0.5) is 0 Å². The van der Waals surface area contributed by atoms with Crippen molar-refractivity contribution in [3.63, 3.8) is 0 Å². The first kappa shape index (κ1) is 74.4. The van der Waals surface area contributed by atoms with Crippen LogP contribution in [0, 0.1) is 0 Å². The maximum Gasteiger partial charge on any atom is 0.472 e. The Hall–Kier alpha value is -3.60. The van der Waals surface area contributed by atoms with Crippen molar-refractivity contribution in [2.45, 2.75) is 277 Å². The molecule has 0 bridgehead atoms. The van der Waals surface area contributed by atoms with E-state index >= 15 is 0 Å². The Morgan fingerprint density at radius 3 is 1.03 bits per heavy atom. The van der Waals surface area contributed by atoms with Crippen LogP contribution in [-0.4, -0.2) is 66.5 Å². The van der Waals surface area contributed by atoms with Crippen molar-refractivity contribution in [2.24, 2.45) is 0 Å². The zero-order valence-electron chi connectivity index (χ0n) is 49.6. The topological polar surface area (TPSA) is 155 Å². The minimum atomic E-state index is -4.77. The summed E-state index contributed by atoms with van der Waals surface area (Å²) in [4.78, 5) is 48.7. The van der Waals surface area contributed by atoms with Gasteiger partial charge in [-0.1, -0.05) is 221 Å². The molecule has 448 valence electrons. The molecular weight excluding hydrogens is 1000 g/mol. The van der Waals surface area contributed by atoms with E-state index in [0.29, 0.717) is 19.3 Å². The summed E-state index contributed by atoms with van der Waals surface area (Å²) in [5, 5.41) is 9.85. The van der Waals surface area contributed by atoms with Crippen molar-refractivity contribution < 1.29 is 52.2 Å². The van der Waals surface area contributed by atoms with Crippen molar-refractivity contribution in [2.75, 3.05) is 26.4 Å². The van der Waals surface area contributed by atoms with Gasteiger partial charge in [0.05, 0.1) is 19.8 Å². The predicted molar refractivity (Wildman–Crippen MR) is 325 cm³/mol. The normalized spacial score (nSPS) is 14.0. The summed E-state index contributed by atoms with van der Waals surface area (Å²) in [7, 11) is -4.77. The number of ether oxygens (including phenoxy) is 3. The van der Waals surface area contributed by atoms with Gasteiger partial charge in [-0.3, -0.25) is 23.4 Å². The maximum absolute atomic E-state index is 12.9. The lowest BCUT2D eigenvalue weighted by atomic mass is 10.1. The lowest BCUT2D eigenvalue weighted by molar-refractivity contribution is -0.161. The van der Waals surface area contributed by atoms with Crippen molar-refractivity contribution >= 4 is 25.7 Å². The number of aliphatic hydroxyl groups is 1. The van der Waals surface area contributed by atoms with Crippen LogP contribution in [0.5, 0.6) is 0 Å². The zero-order chi connectivity index (χ0) is 56.9. The summed E-state index contributed by atoms with van der Waals surface area (Å²) in [6.45, 7) is 4.45. The molecule has 0 radical (unpaired) electrons. The van der Waals surface area contributed by atoms with E-state index in [0.717, 1.165) is 128 Å². The third-order valence-electron chi connectivity index (χ3n) is 13.0. The van der Waals surface area contributed by atoms with Crippen LogP contribution in [0.1, 0.15) is 265 Å². The van der Waals surface area contributed by atoms with Gasteiger partial charge in [0.15, 0.2) is 6.10 Å². The highest BCUT2D eigenvalue weighted by Crippen LogP contribution is 2.43. The van der Waals surface area contributed by atoms with Crippen LogP contribution in [0.25, 0.3) is 0 Å². The second-order valence-electron chi connectivity index (χ2n) is 20.5. The molecule has 0 aromatic carbocycles. The lowest BCUT2D eigenvalue weighted by Crippen LogP contribution is -2.30. The number of hydrogen-bond donors (Lipinski definition) is 2. The smallest absolute Gasteiger partial charge is 0.462 e. The van der Waals surface area contributed by atoms with Crippen LogP contribution in [-0.2, 0) is 42.2 Å². The quantitative estimate of drug-likeness (QED) is 0.0197. The average molecular weight is 1110 g/mol. The molecule has 0 aromatic heterocycles. The van der Waals surface area contributed by atoms with Gasteiger partial charge in [-0.2, -0.15) is 0 Å². The zero-order valence-corrected chi connectivity index (χ0v) is 50.5. The number of carbonyl (C=O) groups excluding carboxylic acids is 3. The Labute approximate surface area is 476 Å². The Morgan fingerprint density at radius 1 is 0.372 bits per heavy atom. The van der Waals surface area contributed by atoms with E-state index in [2.05, 4.69) is 118 Å². The minimum Gasteiger partial charge on any atom is -0.462 e. The highest BCUT2D eigenvalue weighted by Gasteiger charge is 2.28. The first-order valence-corrected chi connectivity index (χ1v) is 32.6. The average Bonchev–Trinajstić information content (AvgIpc) is 3.43. The van der Waals surface area contributed by atoms with Gasteiger partial charge in [0.2, 0.25) is 0 Å². The molecule has 0 amide bonds. The molecule has 0 aliphatic heterocycles. The van der Waals surface area contributed by atoms with E-state index in [1.807, 2.05) is 0 Å². The van der Waals surface area contributed by atoms with Gasteiger partial charge in [0.1, 0.15) is 12.7 Å². The Kier molecular flexibility index (Phi) is 56.8. The molecule has 0 aliphatic rings. The third-order valence-corrected chi connectivity index (χ3v) is 13.9. The minimum absolute atomic E-state index is 0.149. The maximum atomic E-state index is 12.9. The highest BCUT2D eigenvalue weighted by atomic mass is 31.2. The fourth-order valence-corrected chi connectivity index (χ4v) is 9.01. The largest absolute Gasteiger partial charge is 0.472 e. The molecule has 0 rings (SSSR count).